The second kappa shape index (κ2) is 6.90. The van der Waals surface area contributed by atoms with Gasteiger partial charge in [0.15, 0.2) is 0 Å². The number of nitrogens with one attached hydrogen (secondary N) is 1. The van der Waals surface area contributed by atoms with E-state index in [0.717, 1.165) is 18.4 Å². The molecule has 3 heteroatoms. The molecule has 0 heterocycles. The Bertz CT molecular complexity index is 398. The maximum absolute atomic E-state index is 13.6. The molecule has 1 N–H and O–H groups in total. The van der Waals surface area contributed by atoms with Crippen molar-refractivity contribution in [1.29, 1.82) is 0 Å². The van der Waals surface area contributed by atoms with Gasteiger partial charge in [-0.1, -0.05) is 13.3 Å². The van der Waals surface area contributed by atoms with Gasteiger partial charge in [0.25, 0.3) is 0 Å². The summed E-state index contributed by atoms with van der Waals surface area (Å²) in [5.74, 6) is 0.374. The van der Waals surface area contributed by atoms with Crippen LogP contribution in [0.4, 0.5) is 4.39 Å². The molecule has 0 spiro atoms. The monoisotopic (exact) mass is 267 g/mol. The summed E-state index contributed by atoms with van der Waals surface area (Å²) in [6.45, 7) is 11.0. The van der Waals surface area contributed by atoms with Crippen LogP contribution >= 0.6 is 0 Å². The van der Waals surface area contributed by atoms with E-state index in [9.17, 15) is 4.39 Å². The van der Waals surface area contributed by atoms with Gasteiger partial charge in [-0.2, -0.15) is 0 Å². The summed E-state index contributed by atoms with van der Waals surface area (Å²) >= 11 is 0. The van der Waals surface area contributed by atoms with E-state index < -0.39 is 0 Å². The van der Waals surface area contributed by atoms with Crippen molar-refractivity contribution in [2.24, 2.45) is 0 Å². The smallest absolute Gasteiger partial charge is 0.127 e. The van der Waals surface area contributed by atoms with Gasteiger partial charge in [-0.25, -0.2) is 4.39 Å². The van der Waals surface area contributed by atoms with Crippen molar-refractivity contribution in [3.63, 3.8) is 0 Å². The molecule has 0 bridgehead atoms. The van der Waals surface area contributed by atoms with Gasteiger partial charge in [0, 0.05) is 18.2 Å². The van der Waals surface area contributed by atoms with Crippen LogP contribution < -0.4 is 10.1 Å². The summed E-state index contributed by atoms with van der Waals surface area (Å²) in [6.07, 6.45) is 2.16. The number of benzene rings is 1. The molecule has 0 aliphatic carbocycles. The van der Waals surface area contributed by atoms with E-state index in [4.69, 9.17) is 4.74 Å². The Hall–Kier alpha value is -1.09. The van der Waals surface area contributed by atoms with Crippen LogP contribution in [0.15, 0.2) is 18.2 Å². The highest BCUT2D eigenvalue weighted by Crippen LogP contribution is 2.19. The molecule has 0 radical (unpaired) electrons. The van der Waals surface area contributed by atoms with Gasteiger partial charge in [0.2, 0.25) is 0 Å². The lowest BCUT2D eigenvalue weighted by molar-refractivity contribution is 0.209. The molecule has 1 atom stereocenters. The standard InChI is InChI=1S/C16H26FNO/c1-6-7-12(2)19-15-9-13(8-14(17)10-15)11-18-16(3,4)5/h8-10,12,18H,6-7,11H2,1-5H3. The lowest BCUT2D eigenvalue weighted by Gasteiger charge is -2.21. The molecule has 1 unspecified atom stereocenters. The fraction of sp³-hybridized carbons (Fsp3) is 0.625. The van der Waals surface area contributed by atoms with Crippen molar-refractivity contribution in [2.75, 3.05) is 0 Å². The Morgan fingerprint density at radius 1 is 1.26 bits per heavy atom. The minimum atomic E-state index is -0.244. The third-order valence-corrected chi connectivity index (χ3v) is 2.79. The van der Waals surface area contributed by atoms with Crippen LogP contribution in [0.3, 0.4) is 0 Å². The van der Waals surface area contributed by atoms with Crippen LogP contribution in [-0.2, 0) is 6.54 Å². The van der Waals surface area contributed by atoms with Crippen LogP contribution in [-0.4, -0.2) is 11.6 Å². The number of hydrogen-bond donors (Lipinski definition) is 1. The van der Waals surface area contributed by atoms with Crippen molar-refractivity contribution in [3.8, 4) is 5.75 Å². The lowest BCUT2D eigenvalue weighted by atomic mass is 10.1. The highest BCUT2D eigenvalue weighted by molar-refractivity contribution is 5.29. The van der Waals surface area contributed by atoms with Gasteiger partial charge >= 0.3 is 0 Å². The summed E-state index contributed by atoms with van der Waals surface area (Å²) in [7, 11) is 0. The molecule has 1 aromatic rings. The van der Waals surface area contributed by atoms with Crippen LogP contribution in [0, 0.1) is 5.82 Å². The third kappa shape index (κ3) is 6.58. The van der Waals surface area contributed by atoms with Crippen LogP contribution in [0.2, 0.25) is 0 Å². The zero-order valence-electron chi connectivity index (χ0n) is 12.7. The van der Waals surface area contributed by atoms with Gasteiger partial charge in [0.1, 0.15) is 11.6 Å². The average molecular weight is 267 g/mol. The van der Waals surface area contributed by atoms with E-state index in [2.05, 4.69) is 33.0 Å². The SMILES string of the molecule is CCCC(C)Oc1cc(F)cc(CNC(C)(C)C)c1. The van der Waals surface area contributed by atoms with Crippen molar-refractivity contribution < 1.29 is 9.13 Å². The van der Waals surface area contributed by atoms with Gasteiger partial charge in [-0.3, -0.25) is 0 Å². The second-order valence-electron chi connectivity index (χ2n) is 6.12. The molecule has 0 aliphatic heterocycles. The van der Waals surface area contributed by atoms with Crippen LogP contribution in [0.25, 0.3) is 0 Å². The molecular weight excluding hydrogens is 241 g/mol. The second-order valence-corrected chi connectivity index (χ2v) is 6.12. The number of hydrogen-bond acceptors (Lipinski definition) is 2. The Morgan fingerprint density at radius 2 is 1.95 bits per heavy atom. The highest BCUT2D eigenvalue weighted by atomic mass is 19.1. The molecule has 1 aromatic carbocycles. The summed E-state index contributed by atoms with van der Waals surface area (Å²) in [4.78, 5) is 0. The van der Waals surface area contributed by atoms with E-state index in [0.29, 0.717) is 12.3 Å². The zero-order chi connectivity index (χ0) is 14.5. The normalized spacial score (nSPS) is 13.4. The zero-order valence-corrected chi connectivity index (χ0v) is 12.7. The summed E-state index contributed by atoms with van der Waals surface area (Å²) < 4.78 is 19.3. The van der Waals surface area contributed by atoms with E-state index in [-0.39, 0.29) is 17.5 Å². The molecule has 19 heavy (non-hydrogen) atoms. The Labute approximate surface area is 116 Å². The van der Waals surface area contributed by atoms with Crippen molar-refractivity contribution in [3.05, 3.63) is 29.6 Å². The molecule has 0 saturated heterocycles. The maximum atomic E-state index is 13.6. The van der Waals surface area contributed by atoms with Gasteiger partial charge < -0.3 is 10.1 Å². The Balaban J connectivity index is 2.71. The summed E-state index contributed by atoms with van der Waals surface area (Å²) in [5.41, 5.74) is 0.927. The van der Waals surface area contributed by atoms with Crippen molar-refractivity contribution >= 4 is 0 Å². The fourth-order valence-corrected chi connectivity index (χ4v) is 1.86. The first kappa shape index (κ1) is 16.0. The van der Waals surface area contributed by atoms with Crippen LogP contribution in [0.1, 0.15) is 53.0 Å². The molecule has 2 nitrogen and oxygen atoms in total. The quantitative estimate of drug-likeness (QED) is 0.830. The molecule has 0 amide bonds. The first-order valence-corrected chi connectivity index (χ1v) is 7.01. The minimum Gasteiger partial charge on any atom is -0.491 e. The lowest BCUT2D eigenvalue weighted by Crippen LogP contribution is -2.35. The van der Waals surface area contributed by atoms with Gasteiger partial charge in [0.05, 0.1) is 6.10 Å². The van der Waals surface area contributed by atoms with Crippen LogP contribution in [0.5, 0.6) is 5.75 Å². The molecule has 108 valence electrons. The largest absolute Gasteiger partial charge is 0.491 e. The molecule has 1 rings (SSSR count). The number of rotatable bonds is 6. The topological polar surface area (TPSA) is 21.3 Å². The molecule has 0 saturated carbocycles. The van der Waals surface area contributed by atoms with E-state index in [1.807, 2.05) is 13.0 Å². The van der Waals surface area contributed by atoms with Crippen molar-refractivity contribution in [1.82, 2.24) is 5.32 Å². The average Bonchev–Trinajstić information content (AvgIpc) is 2.25. The maximum Gasteiger partial charge on any atom is 0.127 e. The van der Waals surface area contributed by atoms with E-state index in [1.54, 1.807) is 6.07 Å². The number of ether oxygens (including phenoxy) is 1. The Morgan fingerprint density at radius 3 is 2.53 bits per heavy atom. The summed E-state index contributed by atoms with van der Waals surface area (Å²) in [6, 6.07) is 4.91. The first-order valence-electron chi connectivity index (χ1n) is 7.01. The molecule has 0 aromatic heterocycles. The fourth-order valence-electron chi connectivity index (χ4n) is 1.86. The van der Waals surface area contributed by atoms with Crippen molar-refractivity contribution in [2.45, 2.75) is 65.6 Å². The third-order valence-electron chi connectivity index (χ3n) is 2.79. The molecule has 0 aliphatic rings. The van der Waals surface area contributed by atoms with Gasteiger partial charge in [-0.15, -0.1) is 0 Å². The summed E-state index contributed by atoms with van der Waals surface area (Å²) in [5, 5.41) is 3.35. The van der Waals surface area contributed by atoms with E-state index in [1.165, 1.54) is 6.07 Å². The molecular formula is C16H26FNO. The number of halogens is 1. The first-order chi connectivity index (χ1) is 8.80. The molecule has 0 fully saturated rings. The predicted molar refractivity (Wildman–Crippen MR) is 78.0 cm³/mol. The minimum absolute atomic E-state index is 0.0167. The predicted octanol–water partition coefficient (Wildman–Crippen LogP) is 4.28. The van der Waals surface area contributed by atoms with Gasteiger partial charge in [-0.05, 0) is 51.8 Å². The Kier molecular flexibility index (Phi) is 5.80. The van der Waals surface area contributed by atoms with E-state index >= 15 is 0 Å². The highest BCUT2D eigenvalue weighted by Gasteiger charge is 2.10.